The minimum Gasteiger partial charge on any atom is -0.345 e. The summed E-state index contributed by atoms with van der Waals surface area (Å²) in [6, 6.07) is 10.7. The van der Waals surface area contributed by atoms with Crippen LogP contribution in [0.4, 0.5) is 5.69 Å². The summed E-state index contributed by atoms with van der Waals surface area (Å²) in [6.45, 7) is 3.84. The van der Waals surface area contributed by atoms with Gasteiger partial charge >= 0.3 is 0 Å². The molecule has 0 spiro atoms. The molecule has 0 bridgehead atoms. The minimum absolute atomic E-state index is 0.0660. The van der Waals surface area contributed by atoms with E-state index in [0.717, 1.165) is 9.99 Å². The van der Waals surface area contributed by atoms with Gasteiger partial charge in [-0.2, -0.15) is 0 Å². The summed E-state index contributed by atoms with van der Waals surface area (Å²) in [5.74, 6) is -0.237. The molecule has 0 aliphatic rings. The van der Waals surface area contributed by atoms with E-state index in [9.17, 15) is 13.2 Å². The number of carbonyl (C=O) groups is 1. The Balaban J connectivity index is 2.47. The first-order chi connectivity index (χ1) is 11.2. The first-order valence-corrected chi connectivity index (χ1v) is 9.07. The predicted octanol–water partition coefficient (Wildman–Crippen LogP) is 2.33. The van der Waals surface area contributed by atoms with Crippen LogP contribution in [0.3, 0.4) is 0 Å². The predicted molar refractivity (Wildman–Crippen MR) is 94.7 cm³/mol. The zero-order valence-electron chi connectivity index (χ0n) is 14.6. The fraction of sp³-hybridized carbons (Fsp3) is 0.353. The molecule has 1 aromatic heterocycles. The van der Waals surface area contributed by atoms with Gasteiger partial charge in [-0.15, -0.1) is 0 Å². The van der Waals surface area contributed by atoms with Crippen LogP contribution in [0.2, 0.25) is 0 Å². The van der Waals surface area contributed by atoms with Crippen LogP contribution in [-0.2, 0) is 17.1 Å². The molecule has 2 aromatic rings. The van der Waals surface area contributed by atoms with Gasteiger partial charge in [0.05, 0.1) is 0 Å². The molecule has 0 radical (unpaired) electrons. The zero-order valence-corrected chi connectivity index (χ0v) is 15.4. The van der Waals surface area contributed by atoms with E-state index >= 15 is 0 Å². The monoisotopic (exact) mass is 349 g/mol. The Bertz CT molecular complexity index is 824. The third-order valence-corrected chi connectivity index (χ3v) is 5.53. The van der Waals surface area contributed by atoms with Crippen molar-refractivity contribution in [3.8, 4) is 0 Å². The van der Waals surface area contributed by atoms with Crippen molar-refractivity contribution in [1.29, 1.82) is 0 Å². The van der Waals surface area contributed by atoms with Crippen LogP contribution >= 0.6 is 0 Å². The Kier molecular flexibility index (Phi) is 5.15. The normalized spacial score (nSPS) is 12.0. The van der Waals surface area contributed by atoms with Gasteiger partial charge in [-0.3, -0.25) is 4.79 Å². The van der Waals surface area contributed by atoms with E-state index in [0.29, 0.717) is 5.69 Å². The summed E-state index contributed by atoms with van der Waals surface area (Å²) in [4.78, 5) is 14.8. The average Bonchev–Trinajstić information content (AvgIpc) is 2.90. The maximum atomic E-state index is 13.0. The summed E-state index contributed by atoms with van der Waals surface area (Å²) >= 11 is 0. The second-order valence-corrected chi connectivity index (χ2v) is 8.22. The van der Waals surface area contributed by atoms with E-state index in [1.807, 2.05) is 44.2 Å². The number of aryl methyl sites for hydroxylation is 1. The van der Waals surface area contributed by atoms with E-state index in [-0.39, 0.29) is 16.8 Å². The van der Waals surface area contributed by atoms with Crippen LogP contribution in [0.15, 0.2) is 47.5 Å². The van der Waals surface area contributed by atoms with Crippen molar-refractivity contribution in [3.63, 3.8) is 0 Å². The lowest BCUT2D eigenvalue weighted by molar-refractivity contribution is 0.0972. The Labute approximate surface area is 143 Å². The van der Waals surface area contributed by atoms with Crippen molar-refractivity contribution in [2.75, 3.05) is 19.0 Å². The van der Waals surface area contributed by atoms with Gasteiger partial charge in [0.15, 0.2) is 0 Å². The maximum Gasteiger partial charge on any atom is 0.275 e. The Morgan fingerprint density at radius 1 is 1.12 bits per heavy atom. The van der Waals surface area contributed by atoms with Gasteiger partial charge in [-0.25, -0.2) is 12.7 Å². The minimum atomic E-state index is -3.58. The number of nitrogens with zero attached hydrogens (tertiary/aromatic N) is 3. The van der Waals surface area contributed by atoms with Crippen LogP contribution in [0.1, 0.15) is 24.3 Å². The second kappa shape index (κ2) is 6.78. The molecule has 0 saturated carbocycles. The largest absolute Gasteiger partial charge is 0.345 e. The lowest BCUT2D eigenvalue weighted by atomic mass is 10.2. The molecule has 7 heteroatoms. The van der Waals surface area contributed by atoms with Gasteiger partial charge < -0.3 is 9.47 Å². The number of sulfonamides is 1. The summed E-state index contributed by atoms with van der Waals surface area (Å²) < 4.78 is 27.2. The maximum absolute atomic E-state index is 13.0. The van der Waals surface area contributed by atoms with Crippen LogP contribution in [0, 0.1) is 0 Å². The summed E-state index contributed by atoms with van der Waals surface area (Å²) in [6.07, 6.45) is 1.46. The smallest absolute Gasteiger partial charge is 0.275 e. The molecular weight excluding hydrogens is 326 g/mol. The van der Waals surface area contributed by atoms with Crippen molar-refractivity contribution in [3.05, 3.63) is 48.3 Å². The Morgan fingerprint density at radius 2 is 1.71 bits per heavy atom. The number of carbonyl (C=O) groups excluding carboxylic acids is 1. The Morgan fingerprint density at radius 3 is 2.21 bits per heavy atom. The van der Waals surface area contributed by atoms with Gasteiger partial charge in [0.1, 0.15) is 10.6 Å². The van der Waals surface area contributed by atoms with Crippen LogP contribution in [0.25, 0.3) is 0 Å². The summed E-state index contributed by atoms with van der Waals surface area (Å²) in [7, 11) is 1.02. The van der Waals surface area contributed by atoms with E-state index in [1.54, 1.807) is 16.5 Å². The first-order valence-electron chi connectivity index (χ1n) is 7.63. The Hall–Kier alpha value is -2.12. The number of para-hydroxylation sites is 1. The van der Waals surface area contributed by atoms with Gasteiger partial charge in [-0.1, -0.05) is 18.2 Å². The number of rotatable bonds is 5. The molecule has 1 amide bonds. The highest BCUT2D eigenvalue weighted by Crippen LogP contribution is 2.23. The molecule has 1 heterocycles. The average molecular weight is 349 g/mol. The van der Waals surface area contributed by atoms with E-state index in [1.165, 1.54) is 26.4 Å². The topological polar surface area (TPSA) is 62.6 Å². The fourth-order valence-corrected chi connectivity index (χ4v) is 3.43. The quantitative estimate of drug-likeness (QED) is 0.832. The molecular formula is C17H23N3O3S. The molecule has 0 unspecified atom stereocenters. The highest BCUT2D eigenvalue weighted by atomic mass is 32.2. The van der Waals surface area contributed by atoms with Crippen molar-refractivity contribution in [1.82, 2.24) is 8.87 Å². The van der Waals surface area contributed by atoms with Gasteiger partial charge in [0, 0.05) is 39.1 Å². The standard InChI is InChI=1S/C17H23N3O3S/c1-13(2)20(14-9-7-6-8-10-14)17(21)16-11-15(12-19(16)5)24(22,23)18(3)4/h6-13H,1-5H3. The van der Waals surface area contributed by atoms with E-state index in [4.69, 9.17) is 0 Å². The third-order valence-electron chi connectivity index (χ3n) is 3.75. The molecule has 130 valence electrons. The van der Waals surface area contributed by atoms with Crippen molar-refractivity contribution >= 4 is 21.6 Å². The third kappa shape index (κ3) is 3.37. The van der Waals surface area contributed by atoms with Crippen LogP contribution in [-0.4, -0.2) is 43.3 Å². The second-order valence-electron chi connectivity index (χ2n) is 6.06. The molecule has 24 heavy (non-hydrogen) atoms. The molecule has 0 fully saturated rings. The number of amides is 1. The van der Waals surface area contributed by atoms with Crippen molar-refractivity contribution in [2.45, 2.75) is 24.8 Å². The van der Waals surface area contributed by atoms with E-state index < -0.39 is 10.0 Å². The zero-order chi connectivity index (χ0) is 18.1. The number of aromatic nitrogens is 1. The molecule has 6 nitrogen and oxygen atoms in total. The summed E-state index contributed by atoms with van der Waals surface area (Å²) in [5, 5.41) is 0. The van der Waals surface area contributed by atoms with Gasteiger partial charge in [0.2, 0.25) is 10.0 Å². The van der Waals surface area contributed by atoms with Crippen molar-refractivity contribution in [2.24, 2.45) is 7.05 Å². The lowest BCUT2D eigenvalue weighted by Crippen LogP contribution is -2.37. The van der Waals surface area contributed by atoms with Crippen molar-refractivity contribution < 1.29 is 13.2 Å². The molecule has 0 saturated heterocycles. The molecule has 0 atom stereocenters. The molecule has 2 rings (SSSR count). The van der Waals surface area contributed by atoms with Crippen LogP contribution in [0.5, 0.6) is 0 Å². The highest BCUT2D eigenvalue weighted by molar-refractivity contribution is 7.89. The first kappa shape index (κ1) is 18.2. The summed E-state index contributed by atoms with van der Waals surface area (Å²) in [5.41, 5.74) is 1.10. The van der Waals surface area contributed by atoms with Gasteiger partial charge in [-0.05, 0) is 32.0 Å². The van der Waals surface area contributed by atoms with Crippen LogP contribution < -0.4 is 4.90 Å². The molecule has 0 aliphatic heterocycles. The van der Waals surface area contributed by atoms with Gasteiger partial charge in [0.25, 0.3) is 5.91 Å². The number of anilines is 1. The molecule has 1 aromatic carbocycles. The number of benzene rings is 1. The molecule has 0 aliphatic carbocycles. The fourth-order valence-electron chi connectivity index (χ4n) is 2.46. The molecule has 0 N–H and O–H groups in total. The number of hydrogen-bond acceptors (Lipinski definition) is 3. The SMILES string of the molecule is CC(C)N(C(=O)c1cc(S(=O)(=O)N(C)C)cn1C)c1ccccc1. The lowest BCUT2D eigenvalue weighted by Gasteiger charge is -2.27. The highest BCUT2D eigenvalue weighted by Gasteiger charge is 2.27. The van der Waals surface area contributed by atoms with E-state index in [2.05, 4.69) is 0 Å². The number of hydrogen-bond donors (Lipinski definition) is 0.